The van der Waals surface area contributed by atoms with Gasteiger partial charge in [0, 0.05) is 4.47 Å². The minimum Gasteiger partial charge on any atom is -0.497 e. The van der Waals surface area contributed by atoms with E-state index >= 15 is 0 Å². The number of rotatable bonds is 3. The summed E-state index contributed by atoms with van der Waals surface area (Å²) in [6.07, 6.45) is -2.58. The summed E-state index contributed by atoms with van der Waals surface area (Å²) in [5.74, 6) is 0.513. The molecule has 1 atom stereocenters. The summed E-state index contributed by atoms with van der Waals surface area (Å²) < 4.78 is 30.2. The Kier molecular flexibility index (Phi) is 3.83. The van der Waals surface area contributed by atoms with Crippen LogP contribution in [0.25, 0.3) is 0 Å². The van der Waals surface area contributed by atoms with Gasteiger partial charge in [-0.05, 0) is 23.8 Å². The lowest BCUT2D eigenvalue weighted by Crippen LogP contribution is -2.19. The zero-order valence-electron chi connectivity index (χ0n) is 7.51. The minimum atomic E-state index is -2.58. The van der Waals surface area contributed by atoms with Gasteiger partial charge in [-0.2, -0.15) is 0 Å². The zero-order chi connectivity index (χ0) is 10.7. The Balaban J connectivity index is 3.05. The van der Waals surface area contributed by atoms with Gasteiger partial charge in [-0.25, -0.2) is 8.78 Å². The second kappa shape index (κ2) is 4.70. The fourth-order valence-electron chi connectivity index (χ4n) is 1.04. The molecule has 0 aliphatic carbocycles. The summed E-state index contributed by atoms with van der Waals surface area (Å²) in [4.78, 5) is 0. The first-order valence-corrected chi connectivity index (χ1v) is 4.72. The van der Waals surface area contributed by atoms with Crippen LogP contribution in [0.3, 0.4) is 0 Å². The number of halogens is 3. The fraction of sp³-hybridized carbons (Fsp3) is 0.333. The minimum absolute atomic E-state index is 0.347. The van der Waals surface area contributed by atoms with Crippen molar-refractivity contribution < 1.29 is 13.5 Å². The number of methoxy groups -OCH3 is 1. The summed E-state index contributed by atoms with van der Waals surface area (Å²) in [6, 6.07) is 3.52. The van der Waals surface area contributed by atoms with Gasteiger partial charge in [0.2, 0.25) is 0 Å². The van der Waals surface area contributed by atoms with E-state index in [1.54, 1.807) is 12.1 Å². The molecule has 0 aliphatic heterocycles. The van der Waals surface area contributed by atoms with E-state index in [2.05, 4.69) is 15.9 Å². The van der Waals surface area contributed by atoms with Gasteiger partial charge in [-0.15, -0.1) is 0 Å². The molecular formula is C9H10BrF2NO. The van der Waals surface area contributed by atoms with E-state index < -0.39 is 12.5 Å². The number of nitrogens with two attached hydrogens (primary N) is 1. The Morgan fingerprint density at radius 1 is 1.43 bits per heavy atom. The normalized spacial score (nSPS) is 13.0. The smallest absolute Gasteiger partial charge is 0.257 e. The third-order valence-electron chi connectivity index (χ3n) is 1.83. The van der Waals surface area contributed by atoms with Gasteiger partial charge in [0.05, 0.1) is 13.2 Å². The molecule has 0 saturated carbocycles. The lowest BCUT2D eigenvalue weighted by atomic mass is 10.1. The van der Waals surface area contributed by atoms with Gasteiger partial charge >= 0.3 is 0 Å². The van der Waals surface area contributed by atoms with Crippen LogP contribution in [0.4, 0.5) is 8.78 Å². The maximum Gasteiger partial charge on any atom is 0.257 e. The van der Waals surface area contributed by atoms with Crippen LogP contribution in [0, 0.1) is 0 Å². The SMILES string of the molecule is COc1ccc(Br)c([C@@H](N)C(F)F)c1. The molecule has 1 aromatic rings. The van der Waals surface area contributed by atoms with Crippen molar-refractivity contribution in [3.63, 3.8) is 0 Å². The molecular weight excluding hydrogens is 256 g/mol. The van der Waals surface area contributed by atoms with Gasteiger partial charge in [-0.1, -0.05) is 15.9 Å². The van der Waals surface area contributed by atoms with E-state index in [1.165, 1.54) is 13.2 Å². The van der Waals surface area contributed by atoms with Crippen molar-refractivity contribution in [3.05, 3.63) is 28.2 Å². The molecule has 1 aromatic carbocycles. The molecule has 0 unspecified atom stereocenters. The molecule has 0 saturated heterocycles. The highest BCUT2D eigenvalue weighted by Crippen LogP contribution is 2.29. The lowest BCUT2D eigenvalue weighted by molar-refractivity contribution is 0.116. The topological polar surface area (TPSA) is 35.2 Å². The van der Waals surface area contributed by atoms with Crippen molar-refractivity contribution in [1.82, 2.24) is 0 Å². The molecule has 0 aromatic heterocycles. The van der Waals surface area contributed by atoms with Crippen LogP contribution in [0.15, 0.2) is 22.7 Å². The van der Waals surface area contributed by atoms with Crippen LogP contribution in [-0.2, 0) is 0 Å². The predicted molar refractivity (Wildman–Crippen MR) is 53.6 cm³/mol. The largest absolute Gasteiger partial charge is 0.497 e. The number of hydrogen-bond donors (Lipinski definition) is 1. The molecule has 1 rings (SSSR count). The predicted octanol–water partition coefficient (Wildman–Crippen LogP) is 2.72. The van der Waals surface area contributed by atoms with Crippen LogP contribution in [0.2, 0.25) is 0 Å². The first-order valence-electron chi connectivity index (χ1n) is 3.93. The molecule has 5 heteroatoms. The zero-order valence-corrected chi connectivity index (χ0v) is 9.09. The van der Waals surface area contributed by atoms with Crippen molar-refractivity contribution in [2.75, 3.05) is 7.11 Å². The molecule has 0 aliphatic rings. The molecule has 2 N–H and O–H groups in total. The average Bonchev–Trinajstić information content (AvgIpc) is 2.17. The van der Waals surface area contributed by atoms with E-state index in [1.807, 2.05) is 0 Å². The Bertz CT molecular complexity index is 320. The Labute approximate surface area is 89.2 Å². The Morgan fingerprint density at radius 2 is 2.07 bits per heavy atom. The van der Waals surface area contributed by atoms with E-state index in [0.29, 0.717) is 15.8 Å². The van der Waals surface area contributed by atoms with E-state index in [4.69, 9.17) is 10.5 Å². The Hall–Kier alpha value is -0.680. The Morgan fingerprint density at radius 3 is 2.57 bits per heavy atom. The number of ether oxygens (including phenoxy) is 1. The maximum atomic E-state index is 12.3. The maximum absolute atomic E-state index is 12.3. The number of hydrogen-bond acceptors (Lipinski definition) is 2. The standard InChI is InChI=1S/C9H10BrF2NO/c1-14-5-2-3-7(10)6(4-5)8(13)9(11)12/h2-4,8-9H,13H2,1H3/t8-/m1/s1. The van der Waals surface area contributed by atoms with Gasteiger partial charge in [0.15, 0.2) is 0 Å². The van der Waals surface area contributed by atoms with E-state index in [0.717, 1.165) is 0 Å². The average molecular weight is 266 g/mol. The van der Waals surface area contributed by atoms with E-state index in [-0.39, 0.29) is 0 Å². The van der Waals surface area contributed by atoms with Crippen LogP contribution >= 0.6 is 15.9 Å². The van der Waals surface area contributed by atoms with Crippen molar-refractivity contribution in [2.45, 2.75) is 12.5 Å². The summed E-state index contributed by atoms with van der Waals surface area (Å²) >= 11 is 3.16. The van der Waals surface area contributed by atoms with Crippen molar-refractivity contribution >= 4 is 15.9 Å². The van der Waals surface area contributed by atoms with Crippen LogP contribution in [0.1, 0.15) is 11.6 Å². The van der Waals surface area contributed by atoms with Crippen LogP contribution in [-0.4, -0.2) is 13.5 Å². The lowest BCUT2D eigenvalue weighted by Gasteiger charge is -2.13. The van der Waals surface area contributed by atoms with Gasteiger partial charge in [0.25, 0.3) is 6.43 Å². The monoisotopic (exact) mass is 265 g/mol. The third-order valence-corrected chi connectivity index (χ3v) is 2.56. The van der Waals surface area contributed by atoms with Gasteiger partial charge in [0.1, 0.15) is 5.75 Å². The number of benzene rings is 1. The van der Waals surface area contributed by atoms with Crippen molar-refractivity contribution in [2.24, 2.45) is 5.73 Å². The molecule has 2 nitrogen and oxygen atoms in total. The highest BCUT2D eigenvalue weighted by molar-refractivity contribution is 9.10. The van der Waals surface area contributed by atoms with Gasteiger partial charge < -0.3 is 10.5 Å². The second-order valence-electron chi connectivity index (χ2n) is 2.75. The molecule has 0 amide bonds. The summed E-state index contributed by atoms with van der Waals surface area (Å²) in [7, 11) is 1.47. The first-order chi connectivity index (χ1) is 6.56. The van der Waals surface area contributed by atoms with Crippen molar-refractivity contribution in [3.8, 4) is 5.75 Å². The fourth-order valence-corrected chi connectivity index (χ4v) is 1.55. The quantitative estimate of drug-likeness (QED) is 0.912. The molecule has 0 bridgehead atoms. The molecule has 0 radical (unpaired) electrons. The highest BCUT2D eigenvalue weighted by atomic mass is 79.9. The molecule has 14 heavy (non-hydrogen) atoms. The summed E-state index contributed by atoms with van der Waals surface area (Å²) in [6.45, 7) is 0. The second-order valence-corrected chi connectivity index (χ2v) is 3.60. The third kappa shape index (κ3) is 2.42. The van der Waals surface area contributed by atoms with E-state index in [9.17, 15) is 8.78 Å². The first kappa shape index (κ1) is 11.4. The molecule has 78 valence electrons. The molecule has 0 heterocycles. The highest BCUT2D eigenvalue weighted by Gasteiger charge is 2.20. The van der Waals surface area contributed by atoms with Crippen LogP contribution < -0.4 is 10.5 Å². The van der Waals surface area contributed by atoms with Crippen LogP contribution in [0.5, 0.6) is 5.75 Å². The van der Waals surface area contributed by atoms with Gasteiger partial charge in [-0.3, -0.25) is 0 Å². The molecule has 0 spiro atoms. The summed E-state index contributed by atoms with van der Waals surface area (Å²) in [5, 5.41) is 0. The number of alkyl halides is 2. The summed E-state index contributed by atoms with van der Waals surface area (Å²) in [5.41, 5.74) is 5.67. The van der Waals surface area contributed by atoms with Crippen molar-refractivity contribution in [1.29, 1.82) is 0 Å². The molecule has 0 fully saturated rings.